The van der Waals surface area contributed by atoms with Crippen LogP contribution in [0.5, 0.6) is 0 Å². The minimum absolute atomic E-state index is 0.194. The lowest BCUT2D eigenvalue weighted by Crippen LogP contribution is -2.53. The second-order valence-corrected chi connectivity index (χ2v) is 3.51. The summed E-state index contributed by atoms with van der Waals surface area (Å²) in [6, 6.07) is -0.387. The van der Waals surface area contributed by atoms with Gasteiger partial charge in [0.2, 0.25) is 5.91 Å². The molecule has 1 aliphatic rings. The van der Waals surface area contributed by atoms with Gasteiger partial charge in [0.15, 0.2) is 0 Å². The molecule has 1 rings (SSSR count). The first-order valence-corrected chi connectivity index (χ1v) is 4.12. The van der Waals surface area contributed by atoms with Crippen LogP contribution in [0.25, 0.3) is 0 Å². The number of hydrogen-bond acceptors (Lipinski definition) is 3. The molecule has 0 saturated carbocycles. The monoisotopic (exact) mass is 165 g/mol. The summed E-state index contributed by atoms with van der Waals surface area (Å²) in [6.07, 6.45) is 0.194. The predicted molar refractivity (Wildman–Crippen MR) is 32.5 cm³/mol. The van der Waals surface area contributed by atoms with Crippen LogP contribution in [0.3, 0.4) is 0 Å². The van der Waals surface area contributed by atoms with Gasteiger partial charge < -0.3 is 0 Å². The van der Waals surface area contributed by atoms with E-state index in [1.807, 2.05) is 0 Å². The second-order valence-electron chi connectivity index (χ2n) is 2.22. The zero-order valence-electron chi connectivity index (χ0n) is 5.31. The van der Waals surface area contributed by atoms with E-state index in [2.05, 4.69) is 0 Å². The van der Waals surface area contributed by atoms with Crippen LogP contribution in [0.15, 0.2) is 0 Å². The summed E-state index contributed by atoms with van der Waals surface area (Å²) in [5.74, 6) is -0.546. The van der Waals surface area contributed by atoms with Crippen LogP contribution in [-0.2, 0) is 15.1 Å². The molecular weight excluding hydrogens is 158 g/mol. The third kappa shape index (κ3) is 0.994. The molecule has 0 unspecified atom stereocenters. The van der Waals surface area contributed by atoms with Gasteiger partial charge >= 0.3 is 10.3 Å². The molecule has 0 bridgehead atoms. The average Bonchev–Trinajstić information content (AvgIpc) is 1.58. The molecule has 1 amide bonds. The maximum atomic E-state index is 10.5. The third-order valence-electron chi connectivity index (χ3n) is 1.36. The molecule has 0 aliphatic carbocycles. The van der Waals surface area contributed by atoms with E-state index in [1.165, 1.54) is 0 Å². The summed E-state index contributed by atoms with van der Waals surface area (Å²) in [4.78, 5) is 10.5. The van der Waals surface area contributed by atoms with E-state index in [4.69, 9.17) is 4.55 Å². The number of rotatable bonds is 1. The first-order valence-electron chi connectivity index (χ1n) is 2.72. The Bertz CT molecular complexity index is 256. The van der Waals surface area contributed by atoms with Crippen LogP contribution in [-0.4, -0.2) is 29.2 Å². The number of carbonyl (C=O) groups excluding carboxylic acids is 1. The van der Waals surface area contributed by atoms with E-state index in [-0.39, 0.29) is 12.5 Å². The van der Waals surface area contributed by atoms with Crippen molar-refractivity contribution in [1.29, 1.82) is 0 Å². The molecule has 6 heteroatoms. The summed E-state index contributed by atoms with van der Waals surface area (Å²) in [7, 11) is -4.28. The minimum Gasteiger partial charge on any atom is -0.274 e. The van der Waals surface area contributed by atoms with Gasteiger partial charge in [0.05, 0.1) is 6.04 Å². The Hall–Kier alpha value is -0.620. The fourth-order valence-electron chi connectivity index (χ4n) is 0.915. The van der Waals surface area contributed by atoms with E-state index < -0.39 is 16.2 Å². The minimum atomic E-state index is -4.28. The molecule has 1 aliphatic heterocycles. The summed E-state index contributed by atoms with van der Waals surface area (Å²) in [5.41, 5.74) is 0. The van der Waals surface area contributed by atoms with Gasteiger partial charge in [-0.15, -0.1) is 0 Å². The van der Waals surface area contributed by atoms with Crippen LogP contribution in [0.4, 0.5) is 0 Å². The van der Waals surface area contributed by atoms with Crippen molar-refractivity contribution in [2.75, 3.05) is 0 Å². The maximum absolute atomic E-state index is 10.5. The second kappa shape index (κ2) is 1.93. The van der Waals surface area contributed by atoms with Crippen molar-refractivity contribution in [3.8, 4) is 0 Å². The molecule has 10 heavy (non-hydrogen) atoms. The van der Waals surface area contributed by atoms with E-state index in [0.717, 1.165) is 0 Å². The zero-order valence-corrected chi connectivity index (χ0v) is 6.13. The first-order chi connectivity index (χ1) is 4.43. The van der Waals surface area contributed by atoms with Crippen LogP contribution in [0.1, 0.15) is 13.3 Å². The summed E-state index contributed by atoms with van der Waals surface area (Å²) >= 11 is 0. The van der Waals surface area contributed by atoms with Crippen molar-refractivity contribution in [1.82, 2.24) is 4.31 Å². The number of β-lactam (4-membered cyclic amide) rings is 1. The van der Waals surface area contributed by atoms with Gasteiger partial charge in [-0.2, -0.15) is 8.42 Å². The summed E-state index contributed by atoms with van der Waals surface area (Å²) < 4.78 is 29.4. The highest BCUT2D eigenvalue weighted by Crippen LogP contribution is 2.20. The molecule has 0 aromatic heterocycles. The van der Waals surface area contributed by atoms with Crippen LogP contribution in [0.2, 0.25) is 0 Å². The van der Waals surface area contributed by atoms with Gasteiger partial charge in [-0.05, 0) is 6.92 Å². The number of amides is 1. The lowest BCUT2D eigenvalue weighted by Gasteiger charge is -2.33. The molecule has 0 aromatic rings. The SMILES string of the molecule is C[C@H]1CC(=O)N1S(=O)(=O)O. The zero-order chi connectivity index (χ0) is 7.94. The van der Waals surface area contributed by atoms with Crippen molar-refractivity contribution in [2.24, 2.45) is 0 Å². The molecular formula is C4H7NO4S. The highest BCUT2D eigenvalue weighted by molar-refractivity contribution is 7.84. The van der Waals surface area contributed by atoms with Gasteiger partial charge in [0.25, 0.3) is 0 Å². The quantitative estimate of drug-likeness (QED) is 0.416. The normalized spacial score (nSPS) is 26.4. The lowest BCUT2D eigenvalue weighted by molar-refractivity contribution is -0.137. The summed E-state index contributed by atoms with van der Waals surface area (Å²) in [5, 5.41) is 0. The molecule has 0 aromatic carbocycles. The van der Waals surface area contributed by atoms with Crippen molar-refractivity contribution in [3.05, 3.63) is 0 Å². The molecule has 1 N–H and O–H groups in total. The van der Waals surface area contributed by atoms with E-state index in [9.17, 15) is 13.2 Å². The maximum Gasteiger partial charge on any atom is 0.362 e. The van der Waals surface area contributed by atoms with Crippen molar-refractivity contribution in [2.45, 2.75) is 19.4 Å². The first kappa shape index (κ1) is 7.49. The fourth-order valence-corrected chi connectivity index (χ4v) is 1.78. The highest BCUT2D eigenvalue weighted by Gasteiger charge is 2.40. The molecule has 1 saturated heterocycles. The molecule has 0 spiro atoms. The topological polar surface area (TPSA) is 74.7 Å². The van der Waals surface area contributed by atoms with Crippen LogP contribution >= 0.6 is 0 Å². The lowest BCUT2D eigenvalue weighted by atomic mass is 10.1. The number of carbonyl (C=O) groups is 1. The Morgan fingerprint density at radius 3 is 2.30 bits per heavy atom. The van der Waals surface area contributed by atoms with E-state index >= 15 is 0 Å². The molecule has 5 nitrogen and oxygen atoms in total. The van der Waals surface area contributed by atoms with Crippen LogP contribution < -0.4 is 0 Å². The molecule has 1 heterocycles. The van der Waals surface area contributed by atoms with Crippen molar-refractivity contribution < 1.29 is 17.8 Å². The van der Waals surface area contributed by atoms with Crippen molar-refractivity contribution in [3.63, 3.8) is 0 Å². The van der Waals surface area contributed by atoms with E-state index in [0.29, 0.717) is 4.31 Å². The predicted octanol–water partition coefficient (Wildman–Crippen LogP) is -0.590. The molecule has 1 atom stereocenters. The Kier molecular flexibility index (Phi) is 1.44. The van der Waals surface area contributed by atoms with Crippen LogP contribution in [0, 0.1) is 0 Å². The number of hydrogen-bond donors (Lipinski definition) is 1. The van der Waals surface area contributed by atoms with Gasteiger partial charge in [-0.25, -0.2) is 4.31 Å². The molecule has 1 fully saturated rings. The molecule has 0 radical (unpaired) electrons. The standard InChI is InChI=1S/C4H7NO4S/c1-3-2-4(6)5(3)10(7,8)9/h3H,2H2,1H3,(H,7,8,9)/t3-/m0/s1. The Balaban J connectivity index is 2.84. The Labute approximate surface area is 58.5 Å². The Morgan fingerprint density at radius 1 is 1.70 bits per heavy atom. The smallest absolute Gasteiger partial charge is 0.274 e. The summed E-state index contributed by atoms with van der Waals surface area (Å²) in [6.45, 7) is 1.55. The van der Waals surface area contributed by atoms with Crippen molar-refractivity contribution >= 4 is 16.2 Å². The number of nitrogens with zero attached hydrogens (tertiary/aromatic N) is 1. The Morgan fingerprint density at radius 2 is 2.20 bits per heavy atom. The van der Waals surface area contributed by atoms with Gasteiger partial charge in [0.1, 0.15) is 0 Å². The fraction of sp³-hybridized carbons (Fsp3) is 0.750. The average molecular weight is 165 g/mol. The largest absolute Gasteiger partial charge is 0.362 e. The van der Waals surface area contributed by atoms with Gasteiger partial charge in [-0.3, -0.25) is 9.35 Å². The molecule has 58 valence electrons. The highest BCUT2D eigenvalue weighted by atomic mass is 32.2. The van der Waals surface area contributed by atoms with E-state index in [1.54, 1.807) is 6.92 Å². The van der Waals surface area contributed by atoms with Gasteiger partial charge in [0, 0.05) is 6.42 Å². The van der Waals surface area contributed by atoms with Gasteiger partial charge in [-0.1, -0.05) is 0 Å². The third-order valence-corrected chi connectivity index (χ3v) is 2.43.